The highest BCUT2D eigenvalue weighted by molar-refractivity contribution is 5.69. The second kappa shape index (κ2) is 19.1. The fourth-order valence-electron chi connectivity index (χ4n) is 5.73. The lowest BCUT2D eigenvalue weighted by Crippen LogP contribution is -2.31. The number of unbranched alkanes of at least 4 members (excludes halogenated alkanes) is 1. The molecule has 0 aromatic rings. The van der Waals surface area contributed by atoms with Crippen molar-refractivity contribution in [3.8, 4) is 11.8 Å². The summed E-state index contributed by atoms with van der Waals surface area (Å²) < 4.78 is 35.2. The van der Waals surface area contributed by atoms with Crippen molar-refractivity contribution >= 4 is 11.9 Å². The summed E-state index contributed by atoms with van der Waals surface area (Å²) in [5, 5.41) is 0. The predicted molar refractivity (Wildman–Crippen MR) is 156 cm³/mol. The lowest BCUT2D eigenvalue weighted by Gasteiger charge is -2.29. The van der Waals surface area contributed by atoms with Crippen LogP contribution in [-0.2, 0) is 38.0 Å². The molecule has 0 radical (unpaired) electrons. The number of hydrogen-bond acceptors (Lipinski definition) is 8. The van der Waals surface area contributed by atoms with Crippen LogP contribution in [0.4, 0.5) is 0 Å². The standard InChI is InChI=1S/C33H50O8/c1-4-5-8-15-26(40-32-18-11-13-22-37-32)20-21-28-27(16-9-6-7-10-17-31(35)36-3)29(39-25(2)34)24-30(28)41-33-19-12-14-23-38-33/h6,9,20-21,26-30,32-33H,4,7,10-19,22-24H2,1-3H3/b9-6-,21-20+/t26?,27-,28-,29+,30-,32?,33?/m1/s1. The molecule has 41 heavy (non-hydrogen) atoms. The Morgan fingerprint density at radius 1 is 1.00 bits per heavy atom. The number of rotatable bonds is 14. The Morgan fingerprint density at radius 2 is 1.76 bits per heavy atom. The topological polar surface area (TPSA) is 89.5 Å². The molecule has 0 spiro atoms. The molecule has 230 valence electrons. The molecule has 1 saturated carbocycles. The van der Waals surface area contributed by atoms with E-state index in [1.165, 1.54) is 14.0 Å². The molecule has 8 nitrogen and oxygen atoms in total. The Hall–Kier alpha value is -2.18. The molecule has 2 aliphatic heterocycles. The van der Waals surface area contributed by atoms with Gasteiger partial charge in [-0.25, -0.2) is 0 Å². The van der Waals surface area contributed by atoms with Crippen molar-refractivity contribution in [1.29, 1.82) is 0 Å². The van der Waals surface area contributed by atoms with E-state index in [4.69, 9.17) is 28.4 Å². The fraction of sp³-hybridized carbons (Fsp3) is 0.758. The van der Waals surface area contributed by atoms with E-state index in [0.29, 0.717) is 25.9 Å². The quantitative estimate of drug-likeness (QED) is 0.108. The molecular weight excluding hydrogens is 524 g/mol. The summed E-state index contributed by atoms with van der Waals surface area (Å²) in [6.45, 7) is 4.93. The SMILES string of the molecule is CCC#CCC(/C=C/[C@@H]1[C@@H](C/C=C\CCCC(=O)OC)[C@@H](OC(C)=O)C[C@H]1OC1CCCCO1)OC1CCCCO1. The zero-order valence-electron chi connectivity index (χ0n) is 25.2. The maximum absolute atomic E-state index is 12.1. The van der Waals surface area contributed by atoms with Gasteiger partial charge in [-0.1, -0.05) is 31.2 Å². The minimum absolute atomic E-state index is 0.00195. The third-order valence-corrected chi connectivity index (χ3v) is 7.82. The van der Waals surface area contributed by atoms with E-state index < -0.39 is 0 Å². The molecule has 3 aliphatic rings. The van der Waals surface area contributed by atoms with E-state index in [2.05, 4.69) is 36.1 Å². The maximum atomic E-state index is 12.1. The molecule has 0 N–H and O–H groups in total. The van der Waals surface area contributed by atoms with Gasteiger partial charge in [0.2, 0.25) is 0 Å². The highest BCUT2D eigenvalue weighted by atomic mass is 16.7. The van der Waals surface area contributed by atoms with E-state index in [0.717, 1.165) is 70.8 Å². The number of methoxy groups -OCH3 is 1. The number of carbonyl (C=O) groups is 2. The first kappa shape index (κ1) is 33.3. The van der Waals surface area contributed by atoms with Crippen LogP contribution >= 0.6 is 0 Å². The first-order valence-electron chi connectivity index (χ1n) is 15.6. The number of carbonyl (C=O) groups excluding carboxylic acids is 2. The van der Waals surface area contributed by atoms with Crippen molar-refractivity contribution in [3.05, 3.63) is 24.3 Å². The summed E-state index contributed by atoms with van der Waals surface area (Å²) in [7, 11) is 1.41. The van der Waals surface area contributed by atoms with Crippen LogP contribution in [-0.4, -0.2) is 63.2 Å². The zero-order chi connectivity index (χ0) is 29.3. The summed E-state index contributed by atoms with van der Waals surface area (Å²) in [6.07, 6.45) is 18.1. The average molecular weight is 575 g/mol. The molecule has 1 aliphatic carbocycles. The van der Waals surface area contributed by atoms with Crippen LogP contribution in [0.1, 0.15) is 97.3 Å². The Kier molecular flexibility index (Phi) is 15.5. The molecule has 0 bridgehead atoms. The van der Waals surface area contributed by atoms with E-state index in [1.807, 2.05) is 6.92 Å². The molecule has 3 fully saturated rings. The third-order valence-electron chi connectivity index (χ3n) is 7.82. The van der Waals surface area contributed by atoms with Crippen LogP contribution in [0.3, 0.4) is 0 Å². The second-order valence-electron chi connectivity index (χ2n) is 11.0. The molecule has 8 heteroatoms. The van der Waals surface area contributed by atoms with Crippen molar-refractivity contribution in [2.75, 3.05) is 20.3 Å². The summed E-state index contributed by atoms with van der Waals surface area (Å²) in [4.78, 5) is 23.5. The lowest BCUT2D eigenvalue weighted by molar-refractivity contribution is -0.193. The van der Waals surface area contributed by atoms with Crippen LogP contribution in [0.2, 0.25) is 0 Å². The summed E-state index contributed by atoms with van der Waals surface area (Å²) >= 11 is 0. The van der Waals surface area contributed by atoms with E-state index in [1.54, 1.807) is 0 Å². The Bertz CT molecular complexity index is 891. The van der Waals surface area contributed by atoms with Crippen LogP contribution in [0.25, 0.3) is 0 Å². The third kappa shape index (κ3) is 12.3. The minimum atomic E-state index is -0.287. The zero-order valence-corrected chi connectivity index (χ0v) is 25.2. The molecule has 7 atom stereocenters. The summed E-state index contributed by atoms with van der Waals surface area (Å²) in [6, 6.07) is 0. The van der Waals surface area contributed by atoms with Gasteiger partial charge >= 0.3 is 11.9 Å². The first-order chi connectivity index (χ1) is 20.0. The van der Waals surface area contributed by atoms with Gasteiger partial charge in [0.1, 0.15) is 6.10 Å². The molecule has 3 rings (SSSR count). The van der Waals surface area contributed by atoms with Crippen LogP contribution in [0, 0.1) is 23.7 Å². The highest BCUT2D eigenvalue weighted by Gasteiger charge is 2.45. The molecule has 3 unspecified atom stereocenters. The number of allylic oxidation sites excluding steroid dienone is 2. The van der Waals surface area contributed by atoms with E-state index in [-0.39, 0.29) is 54.7 Å². The Morgan fingerprint density at radius 3 is 2.41 bits per heavy atom. The van der Waals surface area contributed by atoms with Crippen molar-refractivity contribution in [2.24, 2.45) is 11.8 Å². The Labute approximate surface area is 246 Å². The largest absolute Gasteiger partial charge is 0.469 e. The number of hydrogen-bond donors (Lipinski definition) is 0. The summed E-state index contributed by atoms with van der Waals surface area (Å²) in [5.74, 6) is 5.96. The smallest absolute Gasteiger partial charge is 0.305 e. The fourth-order valence-corrected chi connectivity index (χ4v) is 5.73. The van der Waals surface area contributed by atoms with Crippen molar-refractivity contribution in [2.45, 2.75) is 128 Å². The number of ether oxygens (including phenoxy) is 6. The molecule has 2 saturated heterocycles. The van der Waals surface area contributed by atoms with Crippen molar-refractivity contribution < 1.29 is 38.0 Å². The van der Waals surface area contributed by atoms with Crippen LogP contribution in [0.5, 0.6) is 0 Å². The van der Waals surface area contributed by atoms with Crippen LogP contribution < -0.4 is 0 Å². The lowest BCUT2D eigenvalue weighted by atomic mass is 9.89. The van der Waals surface area contributed by atoms with Gasteiger partial charge in [0.25, 0.3) is 0 Å². The monoisotopic (exact) mass is 574 g/mol. The van der Waals surface area contributed by atoms with Crippen molar-refractivity contribution in [1.82, 2.24) is 0 Å². The average Bonchev–Trinajstić information content (AvgIpc) is 3.28. The second-order valence-corrected chi connectivity index (χ2v) is 11.0. The predicted octanol–water partition coefficient (Wildman–Crippen LogP) is 6.03. The van der Waals surface area contributed by atoms with Gasteiger partial charge in [0, 0.05) is 57.7 Å². The minimum Gasteiger partial charge on any atom is -0.469 e. The normalized spacial score (nSPS) is 29.2. The van der Waals surface area contributed by atoms with Gasteiger partial charge in [-0.15, -0.1) is 11.8 Å². The molecular formula is C33H50O8. The van der Waals surface area contributed by atoms with Gasteiger partial charge in [-0.3, -0.25) is 9.59 Å². The molecule has 0 aromatic heterocycles. The van der Waals surface area contributed by atoms with Gasteiger partial charge < -0.3 is 28.4 Å². The highest BCUT2D eigenvalue weighted by Crippen LogP contribution is 2.41. The maximum Gasteiger partial charge on any atom is 0.305 e. The van der Waals surface area contributed by atoms with Gasteiger partial charge in [-0.2, -0.15) is 0 Å². The van der Waals surface area contributed by atoms with Gasteiger partial charge in [0.15, 0.2) is 12.6 Å². The molecule has 2 heterocycles. The van der Waals surface area contributed by atoms with Gasteiger partial charge in [-0.05, 0) is 57.8 Å². The van der Waals surface area contributed by atoms with E-state index >= 15 is 0 Å². The van der Waals surface area contributed by atoms with E-state index in [9.17, 15) is 9.59 Å². The summed E-state index contributed by atoms with van der Waals surface area (Å²) in [5.41, 5.74) is 0. The molecule has 0 aromatic carbocycles. The van der Waals surface area contributed by atoms with Crippen LogP contribution in [0.15, 0.2) is 24.3 Å². The number of esters is 2. The Balaban J connectivity index is 1.77. The molecule has 0 amide bonds. The van der Waals surface area contributed by atoms with Gasteiger partial charge in [0.05, 0.1) is 19.3 Å². The van der Waals surface area contributed by atoms with Crippen molar-refractivity contribution in [3.63, 3.8) is 0 Å². The first-order valence-corrected chi connectivity index (χ1v) is 15.6.